The van der Waals surface area contributed by atoms with Crippen molar-refractivity contribution in [2.75, 3.05) is 0 Å². The predicted molar refractivity (Wildman–Crippen MR) is 79.3 cm³/mol. The van der Waals surface area contributed by atoms with Crippen LogP contribution in [0.1, 0.15) is 5.56 Å². The van der Waals surface area contributed by atoms with Crippen molar-refractivity contribution in [2.45, 2.75) is 6.92 Å². The third-order valence-electron chi connectivity index (χ3n) is 3.28. The summed E-state index contributed by atoms with van der Waals surface area (Å²) < 4.78 is 1.08. The summed E-state index contributed by atoms with van der Waals surface area (Å²) in [6.45, 7) is 1.92. The smallest absolute Gasteiger partial charge is 0.269 e. The molecule has 20 heavy (non-hydrogen) atoms. The highest BCUT2D eigenvalue weighted by atomic mass is 35.5. The van der Waals surface area contributed by atoms with E-state index >= 15 is 0 Å². The number of rotatable bonds is 1. The van der Waals surface area contributed by atoms with E-state index in [9.17, 15) is 5.21 Å². The largest absolute Gasteiger partial charge is 0.284 e. The topological polar surface area (TPSA) is 37.0 Å². The number of halogens is 2. The minimum absolute atomic E-state index is 0.391. The van der Waals surface area contributed by atoms with E-state index in [0.29, 0.717) is 15.9 Å². The van der Waals surface area contributed by atoms with Crippen molar-refractivity contribution in [2.24, 2.45) is 0 Å². The van der Waals surface area contributed by atoms with Gasteiger partial charge in [-0.3, -0.25) is 5.21 Å². The minimum atomic E-state index is 0.391. The van der Waals surface area contributed by atoms with Crippen molar-refractivity contribution < 1.29 is 9.94 Å². The summed E-state index contributed by atoms with van der Waals surface area (Å²) >= 11 is 12.1. The zero-order valence-electron chi connectivity index (χ0n) is 10.6. The van der Waals surface area contributed by atoms with E-state index < -0.39 is 0 Å². The maximum absolute atomic E-state index is 10.3. The Hall–Kier alpha value is -1.84. The van der Waals surface area contributed by atoms with E-state index in [1.165, 1.54) is 0 Å². The van der Waals surface area contributed by atoms with Crippen LogP contribution in [0.5, 0.6) is 0 Å². The summed E-state index contributed by atoms with van der Waals surface area (Å²) in [7, 11) is 0. The molecule has 0 saturated carbocycles. The molecule has 0 bridgehead atoms. The molecule has 0 fully saturated rings. The molecule has 2 aromatic heterocycles. The van der Waals surface area contributed by atoms with Gasteiger partial charge in [-0.15, -0.1) is 0 Å². The van der Waals surface area contributed by atoms with Gasteiger partial charge in [-0.25, -0.2) is 4.98 Å². The lowest BCUT2D eigenvalue weighted by atomic mass is 10.0. The fourth-order valence-electron chi connectivity index (χ4n) is 2.34. The van der Waals surface area contributed by atoms with Gasteiger partial charge in [0.1, 0.15) is 5.15 Å². The van der Waals surface area contributed by atoms with Crippen molar-refractivity contribution in [3.05, 3.63) is 58.5 Å². The first-order valence-electron chi connectivity index (χ1n) is 6.02. The average molecular weight is 306 g/mol. The zero-order valence-corrected chi connectivity index (χ0v) is 12.2. The number of aromatic nitrogens is 2. The third-order valence-corrected chi connectivity index (χ3v) is 3.82. The lowest BCUT2D eigenvalue weighted by Gasteiger charge is -2.06. The highest BCUT2D eigenvalue weighted by molar-refractivity contribution is 6.33. The molecule has 2 heterocycles. The lowest BCUT2D eigenvalue weighted by Crippen LogP contribution is -2.33. The summed E-state index contributed by atoms with van der Waals surface area (Å²) in [6, 6.07) is 9.11. The maximum atomic E-state index is 10.3. The molecule has 0 amide bonds. The van der Waals surface area contributed by atoms with E-state index in [0.717, 1.165) is 26.6 Å². The zero-order chi connectivity index (χ0) is 14.3. The quantitative estimate of drug-likeness (QED) is 0.418. The van der Waals surface area contributed by atoms with Crippen molar-refractivity contribution in [1.29, 1.82) is 0 Å². The van der Waals surface area contributed by atoms with E-state index in [4.69, 9.17) is 23.2 Å². The second-order valence-corrected chi connectivity index (χ2v) is 5.32. The molecule has 0 atom stereocenters. The van der Waals surface area contributed by atoms with Crippen molar-refractivity contribution in [1.82, 2.24) is 4.98 Å². The summed E-state index contributed by atoms with van der Waals surface area (Å²) in [5.41, 5.74) is 2.31. The van der Waals surface area contributed by atoms with Crippen LogP contribution in [0.4, 0.5) is 0 Å². The van der Waals surface area contributed by atoms with Crippen LogP contribution in [0.25, 0.3) is 22.0 Å². The van der Waals surface area contributed by atoms with Crippen LogP contribution in [0.15, 0.2) is 42.7 Å². The number of aryl methyl sites for hydroxylation is 1. The van der Waals surface area contributed by atoms with Crippen LogP contribution >= 0.6 is 23.2 Å². The van der Waals surface area contributed by atoms with Crippen LogP contribution < -0.4 is 4.73 Å². The van der Waals surface area contributed by atoms with E-state index in [2.05, 4.69) is 4.98 Å². The first-order chi connectivity index (χ1) is 9.58. The average Bonchev–Trinajstić information content (AvgIpc) is 2.40. The number of nitrogens with zero attached hydrogens (tertiary/aromatic N) is 2. The van der Waals surface area contributed by atoms with Crippen molar-refractivity contribution in [3.63, 3.8) is 0 Å². The van der Waals surface area contributed by atoms with Gasteiger partial charge in [-0.05, 0) is 25.1 Å². The molecule has 0 spiro atoms. The van der Waals surface area contributed by atoms with E-state index in [1.807, 2.05) is 25.1 Å². The molecule has 1 N–H and O–H groups in total. The van der Waals surface area contributed by atoms with E-state index in [-0.39, 0.29) is 0 Å². The van der Waals surface area contributed by atoms with Crippen LogP contribution in [-0.2, 0) is 0 Å². The molecule has 1 aromatic carbocycles. The summed E-state index contributed by atoms with van der Waals surface area (Å²) in [6.07, 6.45) is 3.31. The Kier molecular flexibility index (Phi) is 3.24. The molecule has 3 rings (SSSR count). The van der Waals surface area contributed by atoms with Crippen molar-refractivity contribution in [3.8, 4) is 11.3 Å². The van der Waals surface area contributed by atoms with Crippen LogP contribution in [0.2, 0.25) is 10.2 Å². The second-order valence-electron chi connectivity index (χ2n) is 4.52. The number of benzene rings is 1. The van der Waals surface area contributed by atoms with Crippen LogP contribution in [-0.4, -0.2) is 10.2 Å². The van der Waals surface area contributed by atoms with Gasteiger partial charge >= 0.3 is 0 Å². The number of hydrogen-bond donors (Lipinski definition) is 1. The Morgan fingerprint density at radius 3 is 2.70 bits per heavy atom. The SMILES string of the molecule is Cc1c(-c2ccccc2Cl)[n+](O)cc2cc(Cl)ncc12. The molecule has 0 saturated heterocycles. The number of hydrogen-bond acceptors (Lipinski definition) is 2. The van der Waals surface area contributed by atoms with Gasteiger partial charge in [-0.2, -0.15) is 0 Å². The molecule has 0 unspecified atom stereocenters. The predicted octanol–water partition coefficient (Wildman–Crippen LogP) is 4.04. The van der Waals surface area contributed by atoms with Gasteiger partial charge in [0.15, 0.2) is 0 Å². The fourth-order valence-corrected chi connectivity index (χ4v) is 2.73. The van der Waals surface area contributed by atoms with Gasteiger partial charge in [0.05, 0.1) is 16.0 Å². The highest BCUT2D eigenvalue weighted by Crippen LogP contribution is 2.31. The molecule has 0 aliphatic rings. The molecular formula is C15H11Cl2N2O+. The lowest BCUT2D eigenvalue weighted by molar-refractivity contribution is -0.895. The van der Waals surface area contributed by atoms with Gasteiger partial charge < -0.3 is 0 Å². The van der Waals surface area contributed by atoms with Gasteiger partial charge in [-0.1, -0.05) is 35.3 Å². The molecule has 3 aromatic rings. The van der Waals surface area contributed by atoms with Crippen LogP contribution in [0.3, 0.4) is 0 Å². The van der Waals surface area contributed by atoms with E-state index in [1.54, 1.807) is 24.5 Å². The molecule has 5 heteroatoms. The Balaban J connectivity index is 2.38. The van der Waals surface area contributed by atoms with Gasteiger partial charge in [0.25, 0.3) is 5.69 Å². The first-order valence-corrected chi connectivity index (χ1v) is 6.78. The Morgan fingerprint density at radius 1 is 1.20 bits per heavy atom. The normalized spacial score (nSPS) is 10.9. The number of fused-ring (bicyclic) bond motifs is 1. The summed E-state index contributed by atoms with van der Waals surface area (Å²) in [4.78, 5) is 4.10. The molecule has 3 nitrogen and oxygen atoms in total. The summed E-state index contributed by atoms with van der Waals surface area (Å²) in [5.74, 6) is 0. The Morgan fingerprint density at radius 2 is 1.95 bits per heavy atom. The summed E-state index contributed by atoms with van der Waals surface area (Å²) in [5, 5.41) is 13.0. The molecule has 0 aliphatic heterocycles. The third kappa shape index (κ3) is 2.09. The maximum Gasteiger partial charge on any atom is 0.269 e. The molecule has 0 radical (unpaired) electrons. The molecular weight excluding hydrogens is 295 g/mol. The Bertz CT molecular complexity index is 818. The van der Waals surface area contributed by atoms with Crippen molar-refractivity contribution >= 4 is 34.0 Å². The standard InChI is InChI=1S/C15H11Cl2N2O/c1-9-12-7-18-14(17)6-10(12)8-19(20)15(9)11-4-2-3-5-13(11)16/h2-8,20H,1H3/q+1. The first kappa shape index (κ1) is 13.2. The molecule has 100 valence electrons. The number of pyridine rings is 2. The second kappa shape index (κ2) is 4.93. The highest BCUT2D eigenvalue weighted by Gasteiger charge is 2.22. The van der Waals surface area contributed by atoms with Gasteiger partial charge in [0, 0.05) is 21.9 Å². The monoisotopic (exact) mass is 305 g/mol. The van der Waals surface area contributed by atoms with Crippen LogP contribution in [0, 0.1) is 6.92 Å². The minimum Gasteiger partial charge on any atom is -0.284 e. The Labute approximate surface area is 126 Å². The fraction of sp³-hybridized carbons (Fsp3) is 0.0667. The molecule has 0 aliphatic carbocycles. The van der Waals surface area contributed by atoms with Gasteiger partial charge in [0.2, 0.25) is 6.20 Å².